The molecule has 5 heteroatoms. The van der Waals surface area contributed by atoms with Crippen LogP contribution in [-0.4, -0.2) is 28.3 Å². The molecule has 3 heterocycles. The third-order valence-corrected chi connectivity index (χ3v) is 4.83. The standard InChI is InChI=1S/C20H22N4O/c1-14-3-5-16(6-4-14)19-22-23-20(25-19)17-7-8-18(21-13-17)24-11-9-15(2)10-12-24/h3-8,13,15H,9-12H2,1-2H3. The molecule has 1 fully saturated rings. The molecule has 1 aliphatic rings. The van der Waals surface area contributed by atoms with E-state index in [0.717, 1.165) is 36.0 Å². The molecule has 0 N–H and O–H groups in total. The molecule has 25 heavy (non-hydrogen) atoms. The van der Waals surface area contributed by atoms with Crippen molar-refractivity contribution < 1.29 is 4.42 Å². The van der Waals surface area contributed by atoms with Crippen LogP contribution in [0.1, 0.15) is 25.3 Å². The minimum atomic E-state index is 0.502. The SMILES string of the molecule is Cc1ccc(-c2nnc(-c3ccc(N4CCC(C)CC4)nc3)o2)cc1. The fourth-order valence-electron chi connectivity index (χ4n) is 3.09. The van der Waals surface area contributed by atoms with Gasteiger partial charge in [-0.15, -0.1) is 10.2 Å². The van der Waals surface area contributed by atoms with Crippen molar-refractivity contribution in [2.75, 3.05) is 18.0 Å². The minimum absolute atomic E-state index is 0.502. The van der Waals surface area contributed by atoms with Crippen molar-refractivity contribution in [3.05, 3.63) is 48.2 Å². The van der Waals surface area contributed by atoms with Crippen LogP contribution < -0.4 is 4.90 Å². The van der Waals surface area contributed by atoms with Crippen molar-refractivity contribution in [3.63, 3.8) is 0 Å². The quantitative estimate of drug-likeness (QED) is 0.713. The summed E-state index contributed by atoms with van der Waals surface area (Å²) in [5.41, 5.74) is 2.98. The van der Waals surface area contributed by atoms with Crippen LogP contribution in [0.2, 0.25) is 0 Å². The lowest BCUT2D eigenvalue weighted by Gasteiger charge is -2.31. The van der Waals surface area contributed by atoms with Crippen LogP contribution in [0, 0.1) is 12.8 Å². The zero-order chi connectivity index (χ0) is 17.2. The summed E-state index contributed by atoms with van der Waals surface area (Å²) in [5, 5.41) is 8.33. The molecule has 3 aromatic rings. The average Bonchev–Trinajstić information content (AvgIpc) is 3.13. The minimum Gasteiger partial charge on any atom is -0.416 e. The summed E-state index contributed by atoms with van der Waals surface area (Å²) >= 11 is 0. The third kappa shape index (κ3) is 3.40. The fraction of sp³-hybridized carbons (Fsp3) is 0.350. The Morgan fingerprint density at radius 3 is 2.20 bits per heavy atom. The predicted octanol–water partition coefficient (Wildman–Crippen LogP) is 4.34. The van der Waals surface area contributed by atoms with E-state index in [-0.39, 0.29) is 0 Å². The van der Waals surface area contributed by atoms with E-state index in [4.69, 9.17) is 4.42 Å². The first kappa shape index (κ1) is 15.8. The Kier molecular flexibility index (Phi) is 4.22. The number of aryl methyl sites for hydroxylation is 1. The van der Waals surface area contributed by atoms with Crippen LogP contribution >= 0.6 is 0 Å². The maximum atomic E-state index is 5.82. The molecule has 0 amide bonds. The van der Waals surface area contributed by atoms with E-state index >= 15 is 0 Å². The van der Waals surface area contributed by atoms with Crippen molar-refractivity contribution in [2.24, 2.45) is 5.92 Å². The number of piperidine rings is 1. The van der Waals surface area contributed by atoms with Crippen LogP contribution in [0.5, 0.6) is 0 Å². The van der Waals surface area contributed by atoms with Gasteiger partial charge >= 0.3 is 0 Å². The second-order valence-electron chi connectivity index (χ2n) is 6.85. The van der Waals surface area contributed by atoms with Gasteiger partial charge in [0.05, 0.1) is 5.56 Å². The molecule has 1 saturated heterocycles. The summed E-state index contributed by atoms with van der Waals surface area (Å²) in [5.74, 6) is 2.87. The highest BCUT2D eigenvalue weighted by molar-refractivity contribution is 5.58. The smallest absolute Gasteiger partial charge is 0.249 e. The molecule has 2 aromatic heterocycles. The van der Waals surface area contributed by atoms with Crippen molar-refractivity contribution in [3.8, 4) is 22.9 Å². The number of anilines is 1. The van der Waals surface area contributed by atoms with E-state index in [9.17, 15) is 0 Å². The van der Waals surface area contributed by atoms with Gasteiger partial charge in [0, 0.05) is 24.8 Å². The largest absolute Gasteiger partial charge is 0.416 e. The van der Waals surface area contributed by atoms with Gasteiger partial charge in [-0.3, -0.25) is 0 Å². The lowest BCUT2D eigenvalue weighted by Crippen LogP contribution is -2.33. The number of rotatable bonds is 3. The molecule has 0 unspecified atom stereocenters. The van der Waals surface area contributed by atoms with Gasteiger partial charge in [0.15, 0.2) is 0 Å². The first-order valence-electron chi connectivity index (χ1n) is 8.81. The number of hydrogen-bond acceptors (Lipinski definition) is 5. The van der Waals surface area contributed by atoms with Crippen molar-refractivity contribution in [2.45, 2.75) is 26.7 Å². The van der Waals surface area contributed by atoms with E-state index in [1.165, 1.54) is 18.4 Å². The lowest BCUT2D eigenvalue weighted by molar-refractivity contribution is 0.436. The van der Waals surface area contributed by atoms with Crippen LogP contribution in [0.25, 0.3) is 22.9 Å². The summed E-state index contributed by atoms with van der Waals surface area (Å²) < 4.78 is 5.82. The van der Waals surface area contributed by atoms with E-state index in [1.807, 2.05) is 42.6 Å². The van der Waals surface area contributed by atoms with Gasteiger partial charge in [0.1, 0.15) is 5.82 Å². The Morgan fingerprint density at radius 2 is 1.56 bits per heavy atom. The number of pyridine rings is 1. The van der Waals surface area contributed by atoms with Gasteiger partial charge in [-0.25, -0.2) is 4.98 Å². The van der Waals surface area contributed by atoms with E-state index in [2.05, 4.69) is 33.9 Å². The Morgan fingerprint density at radius 1 is 0.920 bits per heavy atom. The number of nitrogens with zero attached hydrogens (tertiary/aromatic N) is 4. The van der Waals surface area contributed by atoms with Gasteiger partial charge < -0.3 is 9.32 Å². The number of aromatic nitrogens is 3. The van der Waals surface area contributed by atoms with E-state index in [0.29, 0.717) is 11.8 Å². The second-order valence-corrected chi connectivity index (χ2v) is 6.85. The van der Waals surface area contributed by atoms with Crippen LogP contribution in [0.3, 0.4) is 0 Å². The van der Waals surface area contributed by atoms with Gasteiger partial charge in [0.2, 0.25) is 11.8 Å². The zero-order valence-electron chi connectivity index (χ0n) is 14.6. The van der Waals surface area contributed by atoms with Crippen LogP contribution in [0.15, 0.2) is 47.0 Å². The van der Waals surface area contributed by atoms with E-state index in [1.54, 1.807) is 0 Å². The fourth-order valence-corrected chi connectivity index (χ4v) is 3.09. The maximum Gasteiger partial charge on any atom is 0.249 e. The predicted molar refractivity (Wildman–Crippen MR) is 98.3 cm³/mol. The third-order valence-electron chi connectivity index (χ3n) is 4.83. The Bertz CT molecular complexity index is 831. The first-order valence-corrected chi connectivity index (χ1v) is 8.81. The molecule has 5 nitrogen and oxygen atoms in total. The highest BCUT2D eigenvalue weighted by Crippen LogP contribution is 2.26. The van der Waals surface area contributed by atoms with Gasteiger partial charge in [-0.05, 0) is 49.9 Å². The molecule has 0 spiro atoms. The normalized spacial score (nSPS) is 15.5. The summed E-state index contributed by atoms with van der Waals surface area (Å²) in [7, 11) is 0. The molecule has 128 valence electrons. The van der Waals surface area contributed by atoms with Gasteiger partial charge in [-0.1, -0.05) is 24.6 Å². The topological polar surface area (TPSA) is 55.1 Å². The summed E-state index contributed by atoms with van der Waals surface area (Å²) in [6, 6.07) is 12.1. The Labute approximate surface area is 147 Å². The molecule has 0 saturated carbocycles. The Balaban J connectivity index is 1.51. The molecule has 4 rings (SSSR count). The first-order chi connectivity index (χ1) is 12.2. The van der Waals surface area contributed by atoms with Gasteiger partial charge in [-0.2, -0.15) is 0 Å². The molecule has 0 aliphatic carbocycles. The van der Waals surface area contributed by atoms with E-state index < -0.39 is 0 Å². The average molecular weight is 334 g/mol. The molecule has 0 radical (unpaired) electrons. The molecular weight excluding hydrogens is 312 g/mol. The monoisotopic (exact) mass is 334 g/mol. The molecule has 0 bridgehead atoms. The Hall–Kier alpha value is -2.69. The van der Waals surface area contributed by atoms with Gasteiger partial charge in [0.25, 0.3) is 0 Å². The zero-order valence-corrected chi connectivity index (χ0v) is 14.6. The molecular formula is C20H22N4O. The molecule has 1 aliphatic heterocycles. The highest BCUT2D eigenvalue weighted by Gasteiger charge is 2.17. The summed E-state index contributed by atoms with van der Waals surface area (Å²) in [6.45, 7) is 6.52. The van der Waals surface area contributed by atoms with Crippen molar-refractivity contribution >= 4 is 5.82 Å². The number of hydrogen-bond donors (Lipinski definition) is 0. The number of benzene rings is 1. The van der Waals surface area contributed by atoms with Crippen LogP contribution in [-0.2, 0) is 0 Å². The highest BCUT2D eigenvalue weighted by atomic mass is 16.4. The van der Waals surface area contributed by atoms with Crippen molar-refractivity contribution in [1.29, 1.82) is 0 Å². The maximum absolute atomic E-state index is 5.82. The molecule has 1 aromatic carbocycles. The van der Waals surface area contributed by atoms with Crippen molar-refractivity contribution in [1.82, 2.24) is 15.2 Å². The van der Waals surface area contributed by atoms with Crippen LogP contribution in [0.4, 0.5) is 5.82 Å². The lowest BCUT2D eigenvalue weighted by atomic mass is 9.99. The summed E-state index contributed by atoms with van der Waals surface area (Å²) in [6.07, 6.45) is 4.28. The summed E-state index contributed by atoms with van der Waals surface area (Å²) in [4.78, 5) is 6.94. The second kappa shape index (κ2) is 6.67. The molecule has 0 atom stereocenters.